The van der Waals surface area contributed by atoms with Crippen molar-refractivity contribution in [2.75, 3.05) is 0 Å². The summed E-state index contributed by atoms with van der Waals surface area (Å²) in [5.41, 5.74) is 0. The summed E-state index contributed by atoms with van der Waals surface area (Å²) >= 11 is 0. The number of nitrogens with zero attached hydrogens (tertiary/aromatic N) is 2. The van der Waals surface area contributed by atoms with Gasteiger partial charge < -0.3 is 9.47 Å². The fourth-order valence-corrected chi connectivity index (χ4v) is 1.64. The number of hydrogen-bond donors (Lipinski definition) is 0. The van der Waals surface area contributed by atoms with Gasteiger partial charge in [0.2, 0.25) is 0 Å². The highest BCUT2D eigenvalue weighted by molar-refractivity contribution is 5.36. The first-order valence-electron chi connectivity index (χ1n) is 6.18. The highest BCUT2D eigenvalue weighted by Crippen LogP contribution is 2.25. The summed E-state index contributed by atoms with van der Waals surface area (Å²) < 4.78 is 11.2. The van der Waals surface area contributed by atoms with Gasteiger partial charge in [-0.1, -0.05) is 18.2 Å². The van der Waals surface area contributed by atoms with Crippen molar-refractivity contribution < 1.29 is 9.47 Å². The Hall–Kier alpha value is -2.88. The first-order chi connectivity index (χ1) is 9.90. The van der Waals surface area contributed by atoms with Crippen molar-refractivity contribution in [3.05, 3.63) is 73.1 Å². The van der Waals surface area contributed by atoms with Crippen LogP contribution in [-0.4, -0.2) is 9.97 Å². The second-order valence-electron chi connectivity index (χ2n) is 4.02. The van der Waals surface area contributed by atoms with Gasteiger partial charge in [0.15, 0.2) is 0 Å². The molecule has 0 aliphatic rings. The molecule has 0 spiro atoms. The van der Waals surface area contributed by atoms with E-state index >= 15 is 0 Å². The van der Waals surface area contributed by atoms with Crippen LogP contribution in [0.2, 0.25) is 0 Å². The highest BCUT2D eigenvalue weighted by Gasteiger charge is 2.00. The molecule has 0 atom stereocenters. The van der Waals surface area contributed by atoms with E-state index in [9.17, 15) is 0 Å². The zero-order valence-corrected chi connectivity index (χ0v) is 10.6. The molecule has 0 aliphatic carbocycles. The molecule has 0 unspecified atom stereocenters. The number of aromatic nitrogens is 2. The molecule has 0 aliphatic heterocycles. The Kier molecular flexibility index (Phi) is 3.55. The van der Waals surface area contributed by atoms with Gasteiger partial charge in [0.1, 0.15) is 17.2 Å². The van der Waals surface area contributed by atoms with Crippen molar-refractivity contribution in [1.29, 1.82) is 0 Å². The van der Waals surface area contributed by atoms with Gasteiger partial charge in [-0.15, -0.1) is 0 Å². The van der Waals surface area contributed by atoms with Crippen LogP contribution in [-0.2, 0) is 0 Å². The average Bonchev–Trinajstić information content (AvgIpc) is 2.51. The van der Waals surface area contributed by atoms with Crippen LogP contribution in [0.15, 0.2) is 73.1 Å². The van der Waals surface area contributed by atoms with Crippen LogP contribution in [0.25, 0.3) is 0 Å². The molecule has 98 valence electrons. The van der Waals surface area contributed by atoms with Gasteiger partial charge in [-0.2, -0.15) is 0 Å². The van der Waals surface area contributed by atoms with Crippen LogP contribution in [0, 0.1) is 0 Å². The standard InChI is InChI=1S/C16H12N2O2/c1-2-5-13(6-3-1)19-14-7-9-15(10-8-14)20-16-17-11-4-12-18-16/h1-12H. The van der Waals surface area contributed by atoms with Gasteiger partial charge in [-0.3, -0.25) is 0 Å². The summed E-state index contributed by atoms with van der Waals surface area (Å²) in [5.74, 6) is 2.21. The largest absolute Gasteiger partial charge is 0.457 e. The Bertz CT molecular complexity index is 595. The molecule has 4 heteroatoms. The molecule has 0 fully saturated rings. The van der Waals surface area contributed by atoms with Gasteiger partial charge in [0.05, 0.1) is 0 Å². The van der Waals surface area contributed by atoms with E-state index in [1.54, 1.807) is 18.5 Å². The van der Waals surface area contributed by atoms with Crippen LogP contribution in [0.3, 0.4) is 0 Å². The van der Waals surface area contributed by atoms with E-state index in [4.69, 9.17) is 9.47 Å². The third-order valence-corrected chi connectivity index (χ3v) is 2.55. The molecule has 1 heterocycles. The smallest absolute Gasteiger partial charge is 0.321 e. The molecular weight excluding hydrogens is 252 g/mol. The lowest BCUT2D eigenvalue weighted by atomic mass is 10.3. The molecule has 0 radical (unpaired) electrons. The predicted molar refractivity (Wildman–Crippen MR) is 75.1 cm³/mol. The lowest BCUT2D eigenvalue weighted by Gasteiger charge is -2.07. The minimum Gasteiger partial charge on any atom is -0.457 e. The number of benzene rings is 2. The fraction of sp³-hybridized carbons (Fsp3) is 0. The number of rotatable bonds is 4. The molecule has 3 rings (SSSR count). The Morgan fingerprint density at radius 2 is 1.10 bits per heavy atom. The Morgan fingerprint density at radius 3 is 1.75 bits per heavy atom. The van der Waals surface area contributed by atoms with Gasteiger partial charge in [0.25, 0.3) is 0 Å². The second-order valence-corrected chi connectivity index (χ2v) is 4.02. The third-order valence-electron chi connectivity index (χ3n) is 2.55. The monoisotopic (exact) mass is 264 g/mol. The Labute approximate surface area is 116 Å². The van der Waals surface area contributed by atoms with Crippen LogP contribution in [0.1, 0.15) is 0 Å². The van der Waals surface area contributed by atoms with Crippen molar-refractivity contribution >= 4 is 0 Å². The highest BCUT2D eigenvalue weighted by atomic mass is 16.5. The molecule has 1 aromatic heterocycles. The Morgan fingerprint density at radius 1 is 0.550 bits per heavy atom. The van der Waals surface area contributed by atoms with Gasteiger partial charge in [-0.05, 0) is 42.5 Å². The zero-order chi connectivity index (χ0) is 13.6. The lowest BCUT2D eigenvalue weighted by molar-refractivity contribution is 0.438. The van der Waals surface area contributed by atoms with Crippen molar-refractivity contribution in [3.8, 4) is 23.3 Å². The summed E-state index contributed by atoms with van der Waals surface area (Å²) in [6.45, 7) is 0. The summed E-state index contributed by atoms with van der Waals surface area (Å²) in [5, 5.41) is 0. The average molecular weight is 264 g/mol. The van der Waals surface area contributed by atoms with Crippen molar-refractivity contribution in [1.82, 2.24) is 9.97 Å². The van der Waals surface area contributed by atoms with Crippen molar-refractivity contribution in [2.24, 2.45) is 0 Å². The summed E-state index contributed by atoms with van der Waals surface area (Å²) in [6.07, 6.45) is 3.27. The topological polar surface area (TPSA) is 44.2 Å². The molecule has 20 heavy (non-hydrogen) atoms. The van der Waals surface area contributed by atoms with Gasteiger partial charge in [0, 0.05) is 12.4 Å². The Balaban J connectivity index is 1.69. The first-order valence-corrected chi connectivity index (χ1v) is 6.18. The zero-order valence-electron chi connectivity index (χ0n) is 10.6. The van der Waals surface area contributed by atoms with Crippen LogP contribution in [0.5, 0.6) is 23.3 Å². The summed E-state index contributed by atoms with van der Waals surface area (Å²) in [7, 11) is 0. The molecule has 3 aromatic rings. The molecule has 0 saturated heterocycles. The SMILES string of the molecule is c1ccc(Oc2ccc(Oc3ncccn3)cc2)cc1. The van der Waals surface area contributed by atoms with E-state index in [0.29, 0.717) is 11.8 Å². The molecule has 0 saturated carbocycles. The van der Waals surface area contributed by atoms with Gasteiger partial charge >= 0.3 is 6.01 Å². The van der Waals surface area contributed by atoms with E-state index < -0.39 is 0 Å². The second kappa shape index (κ2) is 5.84. The molecular formula is C16H12N2O2. The fourth-order valence-electron chi connectivity index (χ4n) is 1.64. The van der Waals surface area contributed by atoms with Crippen molar-refractivity contribution in [2.45, 2.75) is 0 Å². The lowest BCUT2D eigenvalue weighted by Crippen LogP contribution is -1.90. The number of ether oxygens (including phenoxy) is 2. The third kappa shape index (κ3) is 3.11. The summed E-state index contributed by atoms with van der Waals surface area (Å²) in [4.78, 5) is 8.00. The van der Waals surface area contributed by atoms with E-state index in [1.165, 1.54) is 0 Å². The maximum Gasteiger partial charge on any atom is 0.321 e. The summed E-state index contributed by atoms with van der Waals surface area (Å²) in [6, 6.07) is 19.0. The normalized spacial score (nSPS) is 10.0. The minimum atomic E-state index is 0.323. The van der Waals surface area contributed by atoms with E-state index in [1.807, 2.05) is 54.6 Å². The van der Waals surface area contributed by atoms with Crippen molar-refractivity contribution in [3.63, 3.8) is 0 Å². The van der Waals surface area contributed by atoms with Crippen LogP contribution in [0.4, 0.5) is 0 Å². The first kappa shape index (κ1) is 12.2. The van der Waals surface area contributed by atoms with E-state index in [2.05, 4.69) is 9.97 Å². The van der Waals surface area contributed by atoms with Crippen LogP contribution >= 0.6 is 0 Å². The predicted octanol–water partition coefficient (Wildman–Crippen LogP) is 4.06. The van der Waals surface area contributed by atoms with Crippen LogP contribution < -0.4 is 9.47 Å². The van der Waals surface area contributed by atoms with Gasteiger partial charge in [-0.25, -0.2) is 9.97 Å². The molecule has 4 nitrogen and oxygen atoms in total. The van der Waals surface area contributed by atoms with E-state index in [-0.39, 0.29) is 0 Å². The maximum absolute atomic E-state index is 5.70. The van der Waals surface area contributed by atoms with E-state index in [0.717, 1.165) is 11.5 Å². The molecule has 2 aromatic carbocycles. The number of para-hydroxylation sites is 1. The molecule has 0 bridgehead atoms. The number of hydrogen-bond acceptors (Lipinski definition) is 4. The minimum absolute atomic E-state index is 0.323. The molecule has 0 N–H and O–H groups in total. The quantitative estimate of drug-likeness (QED) is 0.712. The maximum atomic E-state index is 5.70. The molecule has 0 amide bonds.